The summed E-state index contributed by atoms with van der Waals surface area (Å²) in [7, 11) is -4.19. The van der Waals surface area contributed by atoms with Crippen LogP contribution in [0.5, 0.6) is 0 Å². The molecule has 0 atom stereocenters. The SMILES string of the molecule is NS(=O)(=O)c1cnc(C(F)F)c(F)c1Br. The van der Waals surface area contributed by atoms with E-state index in [4.69, 9.17) is 5.14 Å². The number of pyridine rings is 1. The van der Waals surface area contributed by atoms with Crippen LogP contribution < -0.4 is 5.14 Å². The Hall–Kier alpha value is -0.670. The van der Waals surface area contributed by atoms with Gasteiger partial charge in [-0.1, -0.05) is 0 Å². The van der Waals surface area contributed by atoms with Crippen LogP contribution in [0.1, 0.15) is 12.1 Å². The maximum atomic E-state index is 13.1. The zero-order chi connectivity index (χ0) is 11.8. The predicted molar refractivity (Wildman–Crippen MR) is 48.2 cm³/mol. The van der Waals surface area contributed by atoms with Crippen LogP contribution in [0.2, 0.25) is 0 Å². The first-order valence-corrected chi connectivity index (χ1v) is 5.74. The lowest BCUT2D eigenvalue weighted by Gasteiger charge is -2.06. The number of nitrogens with zero attached hydrogens (tertiary/aromatic N) is 1. The average Bonchev–Trinajstić information content (AvgIpc) is 2.06. The standard InChI is InChI=1S/C6H4BrF3N2O2S/c7-3-2(15(11,13)14)1-12-5(4(3)8)6(9)10/h1,6H,(H2,11,13,14). The maximum Gasteiger partial charge on any atom is 0.283 e. The minimum Gasteiger partial charge on any atom is -0.251 e. The smallest absolute Gasteiger partial charge is 0.251 e. The second-order valence-corrected chi connectivity index (χ2v) is 4.80. The molecule has 0 fully saturated rings. The van der Waals surface area contributed by atoms with Gasteiger partial charge in [0, 0.05) is 6.20 Å². The second-order valence-electron chi connectivity index (χ2n) is 2.48. The minimum atomic E-state index is -4.19. The first kappa shape index (κ1) is 12.4. The molecule has 0 bridgehead atoms. The molecule has 0 aliphatic carbocycles. The summed E-state index contributed by atoms with van der Waals surface area (Å²) in [6.45, 7) is 0. The average molecular weight is 305 g/mol. The van der Waals surface area contributed by atoms with Crippen molar-refractivity contribution in [3.63, 3.8) is 0 Å². The third-order valence-electron chi connectivity index (χ3n) is 1.47. The van der Waals surface area contributed by atoms with Crippen molar-refractivity contribution >= 4 is 26.0 Å². The molecule has 0 unspecified atom stereocenters. The number of rotatable bonds is 2. The fourth-order valence-corrected chi connectivity index (χ4v) is 2.33. The quantitative estimate of drug-likeness (QED) is 0.901. The molecule has 0 saturated carbocycles. The van der Waals surface area contributed by atoms with Crippen molar-refractivity contribution in [2.75, 3.05) is 0 Å². The molecule has 1 aromatic rings. The summed E-state index contributed by atoms with van der Waals surface area (Å²) in [5, 5.41) is 4.70. The van der Waals surface area contributed by atoms with E-state index < -0.39 is 37.3 Å². The third kappa shape index (κ3) is 2.47. The Labute approximate surface area is 91.5 Å². The Bertz CT molecular complexity index is 491. The Morgan fingerprint density at radius 2 is 2.00 bits per heavy atom. The van der Waals surface area contributed by atoms with Crippen LogP contribution in [0, 0.1) is 5.82 Å². The first-order chi connectivity index (χ1) is 6.75. The lowest BCUT2D eigenvalue weighted by molar-refractivity contribution is 0.140. The summed E-state index contributed by atoms with van der Waals surface area (Å²) in [6, 6.07) is 0. The fraction of sp³-hybridized carbons (Fsp3) is 0.167. The van der Waals surface area contributed by atoms with E-state index in [1.54, 1.807) is 0 Å². The molecule has 4 nitrogen and oxygen atoms in total. The molecule has 0 radical (unpaired) electrons. The van der Waals surface area contributed by atoms with Crippen LogP contribution in [-0.4, -0.2) is 13.4 Å². The monoisotopic (exact) mass is 304 g/mol. The van der Waals surface area contributed by atoms with Crippen LogP contribution in [0.15, 0.2) is 15.6 Å². The molecule has 1 aromatic heterocycles. The van der Waals surface area contributed by atoms with Gasteiger partial charge in [0.1, 0.15) is 10.6 Å². The summed E-state index contributed by atoms with van der Waals surface area (Å²) < 4.78 is 58.4. The molecule has 0 aliphatic heterocycles. The van der Waals surface area contributed by atoms with Crippen molar-refractivity contribution in [1.29, 1.82) is 0 Å². The molecule has 0 aromatic carbocycles. The van der Waals surface area contributed by atoms with Gasteiger partial charge in [-0.2, -0.15) is 0 Å². The van der Waals surface area contributed by atoms with E-state index in [9.17, 15) is 21.6 Å². The zero-order valence-electron chi connectivity index (χ0n) is 6.92. The normalized spacial score (nSPS) is 12.1. The molecule has 0 amide bonds. The van der Waals surface area contributed by atoms with Gasteiger partial charge in [0.2, 0.25) is 10.0 Å². The van der Waals surface area contributed by atoms with E-state index in [0.29, 0.717) is 6.20 Å². The molecular formula is C6H4BrF3N2O2S. The van der Waals surface area contributed by atoms with Crippen molar-refractivity contribution in [2.24, 2.45) is 5.14 Å². The fourth-order valence-electron chi connectivity index (χ4n) is 0.813. The van der Waals surface area contributed by atoms with E-state index >= 15 is 0 Å². The Kier molecular flexibility index (Phi) is 3.36. The molecule has 84 valence electrons. The van der Waals surface area contributed by atoms with E-state index in [1.807, 2.05) is 0 Å². The third-order valence-corrected chi connectivity index (χ3v) is 3.43. The Morgan fingerprint density at radius 3 is 2.40 bits per heavy atom. The molecule has 0 aliphatic rings. The number of aromatic nitrogens is 1. The van der Waals surface area contributed by atoms with Crippen LogP contribution in [-0.2, 0) is 10.0 Å². The molecule has 0 saturated heterocycles. The van der Waals surface area contributed by atoms with Crippen molar-refractivity contribution in [3.8, 4) is 0 Å². The summed E-state index contributed by atoms with van der Waals surface area (Å²) in [5.74, 6) is -1.43. The van der Waals surface area contributed by atoms with Crippen LogP contribution in [0.4, 0.5) is 13.2 Å². The molecule has 1 rings (SSSR count). The van der Waals surface area contributed by atoms with Gasteiger partial charge in [-0.3, -0.25) is 4.98 Å². The van der Waals surface area contributed by atoms with Crippen molar-refractivity contribution in [3.05, 3.63) is 22.2 Å². The summed E-state index contributed by atoms with van der Waals surface area (Å²) in [4.78, 5) is 2.31. The Balaban J connectivity index is 3.48. The highest BCUT2D eigenvalue weighted by atomic mass is 79.9. The molecule has 2 N–H and O–H groups in total. The van der Waals surface area contributed by atoms with E-state index in [2.05, 4.69) is 20.9 Å². The van der Waals surface area contributed by atoms with Gasteiger partial charge in [-0.25, -0.2) is 26.7 Å². The predicted octanol–water partition coefficient (Wildman–Crippen LogP) is 1.57. The molecule has 15 heavy (non-hydrogen) atoms. The topological polar surface area (TPSA) is 73.1 Å². The number of alkyl halides is 2. The lowest BCUT2D eigenvalue weighted by Crippen LogP contribution is -2.15. The number of nitrogens with two attached hydrogens (primary N) is 1. The van der Waals surface area contributed by atoms with E-state index in [1.165, 1.54) is 0 Å². The number of halogens is 4. The van der Waals surface area contributed by atoms with Gasteiger partial charge in [-0.05, 0) is 15.9 Å². The minimum absolute atomic E-state index is 0.573. The van der Waals surface area contributed by atoms with Crippen LogP contribution in [0.25, 0.3) is 0 Å². The lowest BCUT2D eigenvalue weighted by atomic mass is 10.3. The Morgan fingerprint density at radius 1 is 1.47 bits per heavy atom. The van der Waals surface area contributed by atoms with Gasteiger partial charge in [0.05, 0.1) is 4.47 Å². The van der Waals surface area contributed by atoms with Crippen molar-refractivity contribution in [2.45, 2.75) is 11.3 Å². The largest absolute Gasteiger partial charge is 0.283 e. The summed E-state index contributed by atoms with van der Waals surface area (Å²) >= 11 is 2.53. The highest BCUT2D eigenvalue weighted by molar-refractivity contribution is 9.10. The summed E-state index contributed by atoms with van der Waals surface area (Å²) in [5.41, 5.74) is -1.13. The van der Waals surface area contributed by atoms with E-state index in [0.717, 1.165) is 0 Å². The van der Waals surface area contributed by atoms with Crippen LogP contribution >= 0.6 is 15.9 Å². The van der Waals surface area contributed by atoms with Crippen LogP contribution in [0.3, 0.4) is 0 Å². The number of primary sulfonamides is 1. The van der Waals surface area contributed by atoms with Gasteiger partial charge in [-0.15, -0.1) is 0 Å². The number of sulfonamides is 1. The molecular weight excluding hydrogens is 301 g/mol. The van der Waals surface area contributed by atoms with Crippen molar-refractivity contribution in [1.82, 2.24) is 4.98 Å². The van der Waals surface area contributed by atoms with Gasteiger partial charge >= 0.3 is 0 Å². The van der Waals surface area contributed by atoms with E-state index in [-0.39, 0.29) is 0 Å². The van der Waals surface area contributed by atoms with Crippen molar-refractivity contribution < 1.29 is 21.6 Å². The zero-order valence-corrected chi connectivity index (χ0v) is 9.32. The summed E-state index contributed by atoms with van der Waals surface area (Å²) in [6.07, 6.45) is -2.56. The van der Waals surface area contributed by atoms with Gasteiger partial charge < -0.3 is 0 Å². The van der Waals surface area contributed by atoms with Gasteiger partial charge in [0.25, 0.3) is 6.43 Å². The first-order valence-electron chi connectivity index (χ1n) is 3.40. The molecule has 0 spiro atoms. The second kappa shape index (κ2) is 4.06. The number of hydrogen-bond acceptors (Lipinski definition) is 3. The molecule has 1 heterocycles. The maximum absolute atomic E-state index is 13.1. The highest BCUT2D eigenvalue weighted by Crippen LogP contribution is 2.29. The van der Waals surface area contributed by atoms with Gasteiger partial charge in [0.15, 0.2) is 5.82 Å². The molecule has 9 heteroatoms. The highest BCUT2D eigenvalue weighted by Gasteiger charge is 2.23. The number of hydrogen-bond donors (Lipinski definition) is 1.